The lowest BCUT2D eigenvalue weighted by molar-refractivity contribution is -0.122. The second-order valence-electron chi connectivity index (χ2n) is 6.78. The van der Waals surface area contributed by atoms with E-state index in [-0.39, 0.29) is 17.9 Å². The summed E-state index contributed by atoms with van der Waals surface area (Å²) in [6, 6.07) is 16.2. The number of rotatable bonds is 6. The Morgan fingerprint density at radius 1 is 1.04 bits per heavy atom. The Labute approximate surface area is 144 Å². The molecule has 0 radical (unpaired) electrons. The second-order valence-corrected chi connectivity index (χ2v) is 6.78. The van der Waals surface area contributed by atoms with Crippen LogP contribution in [-0.4, -0.2) is 13.0 Å². The summed E-state index contributed by atoms with van der Waals surface area (Å²) in [7, 11) is 1.67. The highest BCUT2D eigenvalue weighted by Crippen LogP contribution is 2.34. The Bertz CT molecular complexity index is 702. The Kier molecular flexibility index (Phi) is 4.89. The van der Waals surface area contributed by atoms with E-state index >= 15 is 0 Å². The van der Waals surface area contributed by atoms with Crippen molar-refractivity contribution < 1.29 is 9.53 Å². The van der Waals surface area contributed by atoms with Crippen molar-refractivity contribution in [1.82, 2.24) is 5.32 Å². The average molecular weight is 323 g/mol. The summed E-state index contributed by atoms with van der Waals surface area (Å²) in [4.78, 5) is 12.4. The maximum Gasteiger partial charge on any atom is 0.223 e. The van der Waals surface area contributed by atoms with E-state index < -0.39 is 0 Å². The molecule has 3 heteroatoms. The largest absolute Gasteiger partial charge is 0.496 e. The van der Waals surface area contributed by atoms with Gasteiger partial charge in [-0.3, -0.25) is 4.79 Å². The van der Waals surface area contributed by atoms with Crippen LogP contribution >= 0.6 is 0 Å². The normalized spacial score (nSPS) is 15.2. The molecule has 1 N–H and O–H groups in total. The van der Waals surface area contributed by atoms with Crippen LogP contribution in [0.3, 0.4) is 0 Å². The number of hydrogen-bond acceptors (Lipinski definition) is 2. The van der Waals surface area contributed by atoms with Gasteiger partial charge < -0.3 is 10.1 Å². The quantitative estimate of drug-likeness (QED) is 0.854. The Morgan fingerprint density at radius 3 is 2.25 bits per heavy atom. The Morgan fingerprint density at radius 2 is 1.67 bits per heavy atom. The van der Waals surface area contributed by atoms with Crippen LogP contribution in [-0.2, 0) is 4.79 Å². The third-order valence-corrected chi connectivity index (χ3v) is 4.62. The molecule has 0 heterocycles. The van der Waals surface area contributed by atoms with Gasteiger partial charge in [-0.05, 0) is 36.0 Å². The standard InChI is InChI=1S/C21H25NO2/c1-14(2)15-8-10-16(11-9-15)20(22-21(23)17-12-13-17)18-6-4-5-7-19(18)24-3/h4-11,14,17,20H,12-13H2,1-3H3,(H,22,23)/t20-/m1/s1. The highest BCUT2D eigenvalue weighted by molar-refractivity contribution is 5.81. The smallest absolute Gasteiger partial charge is 0.223 e. The number of carbonyl (C=O) groups is 1. The summed E-state index contributed by atoms with van der Waals surface area (Å²) < 4.78 is 5.52. The summed E-state index contributed by atoms with van der Waals surface area (Å²) in [5, 5.41) is 3.22. The van der Waals surface area contributed by atoms with Crippen molar-refractivity contribution in [3.05, 3.63) is 65.2 Å². The fraction of sp³-hybridized carbons (Fsp3) is 0.381. The van der Waals surface area contributed by atoms with E-state index in [0.717, 1.165) is 29.7 Å². The Balaban J connectivity index is 1.96. The number of nitrogens with one attached hydrogen (secondary N) is 1. The first-order chi connectivity index (χ1) is 11.6. The maximum absolute atomic E-state index is 12.4. The van der Waals surface area contributed by atoms with E-state index in [1.54, 1.807) is 7.11 Å². The molecule has 126 valence electrons. The molecule has 3 rings (SSSR count). The van der Waals surface area contributed by atoms with Crippen molar-refractivity contribution in [2.75, 3.05) is 7.11 Å². The predicted molar refractivity (Wildman–Crippen MR) is 96.2 cm³/mol. The van der Waals surface area contributed by atoms with Gasteiger partial charge in [0.05, 0.1) is 13.2 Å². The lowest BCUT2D eigenvalue weighted by Gasteiger charge is -2.22. The third-order valence-electron chi connectivity index (χ3n) is 4.62. The van der Waals surface area contributed by atoms with Gasteiger partial charge in [0, 0.05) is 11.5 Å². The monoisotopic (exact) mass is 323 g/mol. The lowest BCUT2D eigenvalue weighted by Crippen LogP contribution is -2.30. The van der Waals surface area contributed by atoms with E-state index in [9.17, 15) is 4.79 Å². The van der Waals surface area contributed by atoms with Crippen LogP contribution in [0.25, 0.3) is 0 Å². The molecular weight excluding hydrogens is 298 g/mol. The summed E-state index contributed by atoms with van der Waals surface area (Å²) >= 11 is 0. The molecule has 1 amide bonds. The third kappa shape index (κ3) is 3.61. The molecule has 1 aliphatic carbocycles. The van der Waals surface area contributed by atoms with Crippen LogP contribution < -0.4 is 10.1 Å². The zero-order valence-electron chi connectivity index (χ0n) is 14.6. The first kappa shape index (κ1) is 16.6. The van der Waals surface area contributed by atoms with Crippen LogP contribution in [0.5, 0.6) is 5.75 Å². The first-order valence-corrected chi connectivity index (χ1v) is 8.63. The minimum atomic E-state index is -0.185. The van der Waals surface area contributed by atoms with Gasteiger partial charge in [-0.2, -0.15) is 0 Å². The lowest BCUT2D eigenvalue weighted by atomic mass is 9.94. The summed E-state index contributed by atoms with van der Waals surface area (Å²) in [6.07, 6.45) is 1.99. The summed E-state index contributed by atoms with van der Waals surface area (Å²) in [5.74, 6) is 1.60. The molecule has 0 unspecified atom stereocenters. The van der Waals surface area contributed by atoms with Crippen molar-refractivity contribution in [2.24, 2.45) is 5.92 Å². The molecule has 0 saturated heterocycles. The molecular formula is C21H25NO2. The number of hydrogen-bond donors (Lipinski definition) is 1. The number of ether oxygens (including phenoxy) is 1. The molecule has 1 fully saturated rings. The average Bonchev–Trinajstić information content (AvgIpc) is 3.45. The van der Waals surface area contributed by atoms with Crippen LogP contribution in [0, 0.1) is 5.92 Å². The molecule has 0 bridgehead atoms. The van der Waals surface area contributed by atoms with E-state index in [4.69, 9.17) is 4.74 Å². The van der Waals surface area contributed by atoms with Crippen LogP contribution in [0.4, 0.5) is 0 Å². The van der Waals surface area contributed by atoms with Gasteiger partial charge in [-0.1, -0.05) is 56.3 Å². The van der Waals surface area contributed by atoms with E-state index in [1.807, 2.05) is 24.3 Å². The van der Waals surface area contributed by atoms with Crippen molar-refractivity contribution in [3.8, 4) is 5.75 Å². The molecule has 0 aromatic heterocycles. The highest BCUT2D eigenvalue weighted by Gasteiger charge is 2.32. The molecule has 1 atom stereocenters. The van der Waals surface area contributed by atoms with Gasteiger partial charge in [-0.15, -0.1) is 0 Å². The number of benzene rings is 2. The molecule has 0 spiro atoms. The van der Waals surface area contributed by atoms with Gasteiger partial charge >= 0.3 is 0 Å². The topological polar surface area (TPSA) is 38.3 Å². The summed E-state index contributed by atoms with van der Waals surface area (Å²) in [5.41, 5.74) is 3.37. The van der Waals surface area contributed by atoms with Crippen LogP contribution in [0.1, 0.15) is 55.3 Å². The fourth-order valence-corrected chi connectivity index (χ4v) is 2.92. The number of amides is 1. The van der Waals surface area contributed by atoms with Crippen molar-refractivity contribution in [1.29, 1.82) is 0 Å². The molecule has 2 aromatic rings. The van der Waals surface area contributed by atoms with Crippen LogP contribution in [0.15, 0.2) is 48.5 Å². The zero-order chi connectivity index (χ0) is 17.1. The number of para-hydroxylation sites is 1. The van der Waals surface area contributed by atoms with Gasteiger partial charge in [0.1, 0.15) is 5.75 Å². The Hall–Kier alpha value is -2.29. The van der Waals surface area contributed by atoms with Gasteiger partial charge in [0.15, 0.2) is 0 Å². The predicted octanol–water partition coefficient (Wildman–Crippen LogP) is 4.43. The van der Waals surface area contributed by atoms with Crippen LogP contribution in [0.2, 0.25) is 0 Å². The molecule has 1 saturated carbocycles. The maximum atomic E-state index is 12.4. The van der Waals surface area contributed by atoms with E-state index in [0.29, 0.717) is 5.92 Å². The molecule has 3 nitrogen and oxygen atoms in total. The van der Waals surface area contributed by atoms with Crippen molar-refractivity contribution >= 4 is 5.91 Å². The van der Waals surface area contributed by atoms with Gasteiger partial charge in [0.2, 0.25) is 5.91 Å². The number of carbonyl (C=O) groups excluding carboxylic acids is 1. The van der Waals surface area contributed by atoms with Gasteiger partial charge in [-0.25, -0.2) is 0 Å². The SMILES string of the molecule is COc1ccccc1[C@H](NC(=O)C1CC1)c1ccc(C(C)C)cc1. The van der Waals surface area contributed by atoms with E-state index in [2.05, 4.69) is 43.4 Å². The molecule has 24 heavy (non-hydrogen) atoms. The zero-order valence-corrected chi connectivity index (χ0v) is 14.6. The van der Waals surface area contributed by atoms with Crippen molar-refractivity contribution in [3.63, 3.8) is 0 Å². The fourth-order valence-electron chi connectivity index (χ4n) is 2.92. The number of methoxy groups -OCH3 is 1. The molecule has 2 aromatic carbocycles. The first-order valence-electron chi connectivity index (χ1n) is 8.63. The van der Waals surface area contributed by atoms with Crippen molar-refractivity contribution in [2.45, 2.75) is 38.6 Å². The minimum absolute atomic E-state index is 0.138. The molecule has 1 aliphatic rings. The summed E-state index contributed by atoms with van der Waals surface area (Å²) in [6.45, 7) is 4.36. The minimum Gasteiger partial charge on any atom is -0.496 e. The highest BCUT2D eigenvalue weighted by atomic mass is 16.5. The molecule has 0 aliphatic heterocycles. The van der Waals surface area contributed by atoms with E-state index in [1.165, 1.54) is 5.56 Å². The van der Waals surface area contributed by atoms with Gasteiger partial charge in [0.25, 0.3) is 0 Å². The second kappa shape index (κ2) is 7.08.